The Morgan fingerprint density at radius 1 is 1.25 bits per heavy atom. The van der Waals surface area contributed by atoms with E-state index >= 15 is 0 Å². The highest BCUT2D eigenvalue weighted by molar-refractivity contribution is 5.88. The van der Waals surface area contributed by atoms with Crippen LogP contribution in [0, 0.1) is 17.8 Å². The maximum absolute atomic E-state index is 12.3. The Morgan fingerprint density at radius 2 is 1.93 bits per heavy atom. The summed E-state index contributed by atoms with van der Waals surface area (Å²) in [6.45, 7) is 5.95. The Balaban J connectivity index is 3.07. The van der Waals surface area contributed by atoms with Crippen LogP contribution in [0.1, 0.15) is 59.8 Å². The molecule has 3 N–H and O–H groups in total. The van der Waals surface area contributed by atoms with E-state index in [0.29, 0.717) is 31.4 Å². The second-order valence-corrected chi connectivity index (χ2v) is 8.21. The molecule has 1 aliphatic rings. The summed E-state index contributed by atoms with van der Waals surface area (Å²) in [6, 6.07) is 0. The lowest BCUT2D eigenvalue weighted by Crippen LogP contribution is -2.50. The van der Waals surface area contributed by atoms with Crippen molar-refractivity contribution in [3.63, 3.8) is 0 Å². The summed E-state index contributed by atoms with van der Waals surface area (Å²) in [7, 11) is 0. The molecule has 0 aromatic heterocycles. The van der Waals surface area contributed by atoms with Gasteiger partial charge in [-0.25, -0.2) is 0 Å². The van der Waals surface area contributed by atoms with Gasteiger partial charge >= 0.3 is 5.97 Å². The number of carbonyl (C=O) groups excluding carboxylic acids is 1. The Kier molecular flexibility index (Phi) is 10.3. The van der Waals surface area contributed by atoms with E-state index in [0.717, 1.165) is 0 Å². The average molecular weight is 406 g/mol. The fraction of sp³-hybridized carbons (Fsp3) is 0.900. The number of carbonyl (C=O) groups is 1. The number of cyclic esters (lactones) is 1. The molecule has 0 spiro atoms. The van der Waals surface area contributed by atoms with E-state index in [1.807, 2.05) is 6.92 Å². The Labute approximate surface area is 166 Å². The maximum Gasteiger partial charge on any atom is 0.308 e. The normalized spacial score (nSPS) is 37.9. The van der Waals surface area contributed by atoms with E-state index < -0.39 is 36.4 Å². The minimum absolute atomic E-state index is 0.101. The Morgan fingerprint density at radius 3 is 2.57 bits per heavy atom. The van der Waals surface area contributed by atoms with Crippen molar-refractivity contribution in [1.29, 1.82) is 0 Å². The Hall–Kier alpha value is -1.25. The number of ether oxygens (including phenoxy) is 1. The summed E-state index contributed by atoms with van der Waals surface area (Å²) >= 11 is 0. The minimum Gasteiger partial charge on any atom is -0.462 e. The van der Waals surface area contributed by atoms with Crippen LogP contribution in [0.15, 0.2) is 5.16 Å². The second kappa shape index (κ2) is 11.7. The van der Waals surface area contributed by atoms with Gasteiger partial charge in [-0.05, 0) is 26.2 Å². The van der Waals surface area contributed by atoms with Gasteiger partial charge in [0, 0.05) is 18.3 Å². The lowest BCUT2D eigenvalue weighted by atomic mass is 9.81. The van der Waals surface area contributed by atoms with Gasteiger partial charge in [0.1, 0.15) is 18.8 Å². The van der Waals surface area contributed by atoms with Crippen LogP contribution in [0.2, 0.25) is 0 Å². The first-order valence-electron chi connectivity index (χ1n) is 10.1. The molecule has 0 radical (unpaired) electrons. The van der Waals surface area contributed by atoms with Crippen LogP contribution < -0.4 is 0 Å². The highest BCUT2D eigenvalue weighted by Gasteiger charge is 2.40. The van der Waals surface area contributed by atoms with E-state index in [1.165, 1.54) is 6.92 Å². The zero-order valence-corrected chi connectivity index (χ0v) is 17.4. The van der Waals surface area contributed by atoms with Gasteiger partial charge in [0.05, 0.1) is 30.5 Å². The fourth-order valence-corrected chi connectivity index (χ4v) is 3.43. The molecule has 1 saturated heterocycles. The van der Waals surface area contributed by atoms with Gasteiger partial charge in [-0.2, -0.15) is 0 Å². The molecule has 0 aliphatic carbocycles. The van der Waals surface area contributed by atoms with Crippen LogP contribution in [0.4, 0.5) is 4.39 Å². The number of esters is 1. The topological polar surface area (TPSA) is 109 Å². The molecule has 0 aromatic carbocycles. The zero-order chi connectivity index (χ0) is 21.3. The summed E-state index contributed by atoms with van der Waals surface area (Å²) < 4.78 is 17.5. The SMILES string of the molecule is CC1CCCC(O)C[C@@H](C)/C(=N\OCCCF)C(C)C(O)[C@](C)(O)COC1=O. The molecular weight excluding hydrogens is 369 g/mol. The maximum atomic E-state index is 12.3. The van der Waals surface area contributed by atoms with Crippen LogP contribution >= 0.6 is 0 Å². The van der Waals surface area contributed by atoms with Crippen molar-refractivity contribution < 1.29 is 34.1 Å². The number of alkyl halides is 1. The van der Waals surface area contributed by atoms with Crippen molar-refractivity contribution in [2.75, 3.05) is 19.9 Å². The van der Waals surface area contributed by atoms with Gasteiger partial charge in [0.15, 0.2) is 0 Å². The summed E-state index contributed by atoms with van der Waals surface area (Å²) in [5, 5.41) is 35.8. The van der Waals surface area contributed by atoms with E-state index in [2.05, 4.69) is 5.16 Å². The molecule has 28 heavy (non-hydrogen) atoms. The van der Waals surface area contributed by atoms with Crippen LogP contribution in [0.3, 0.4) is 0 Å². The lowest BCUT2D eigenvalue weighted by Gasteiger charge is -2.35. The number of halogens is 1. The molecule has 1 heterocycles. The van der Waals surface area contributed by atoms with E-state index in [1.54, 1.807) is 13.8 Å². The number of oxime groups is 1. The van der Waals surface area contributed by atoms with Gasteiger partial charge in [-0.3, -0.25) is 9.18 Å². The highest BCUT2D eigenvalue weighted by atomic mass is 19.1. The van der Waals surface area contributed by atoms with Gasteiger partial charge < -0.3 is 24.9 Å². The summed E-state index contributed by atoms with van der Waals surface area (Å²) in [5.74, 6) is -1.63. The summed E-state index contributed by atoms with van der Waals surface area (Å²) in [4.78, 5) is 17.3. The molecule has 7 nitrogen and oxygen atoms in total. The highest BCUT2D eigenvalue weighted by Crippen LogP contribution is 2.26. The fourth-order valence-electron chi connectivity index (χ4n) is 3.43. The molecule has 0 saturated carbocycles. The molecule has 1 fully saturated rings. The number of rotatable bonds is 4. The average Bonchev–Trinajstić information content (AvgIpc) is 2.64. The largest absolute Gasteiger partial charge is 0.462 e. The summed E-state index contributed by atoms with van der Waals surface area (Å²) in [5.41, 5.74) is -1.21. The monoisotopic (exact) mass is 405 g/mol. The van der Waals surface area contributed by atoms with E-state index in [9.17, 15) is 24.5 Å². The molecular formula is C20H36FNO6. The van der Waals surface area contributed by atoms with Crippen molar-refractivity contribution in [3.05, 3.63) is 0 Å². The third-order valence-corrected chi connectivity index (χ3v) is 5.33. The van der Waals surface area contributed by atoms with Crippen molar-refractivity contribution in [1.82, 2.24) is 0 Å². The first-order chi connectivity index (χ1) is 13.1. The number of aliphatic hydroxyl groups excluding tert-OH is 2. The quantitative estimate of drug-likeness (QED) is 0.376. The van der Waals surface area contributed by atoms with Crippen LogP contribution in [-0.2, 0) is 14.4 Å². The van der Waals surface area contributed by atoms with Crippen LogP contribution in [0.5, 0.6) is 0 Å². The molecule has 0 amide bonds. The van der Waals surface area contributed by atoms with Crippen LogP contribution in [0.25, 0.3) is 0 Å². The van der Waals surface area contributed by atoms with Crippen molar-refractivity contribution in [3.8, 4) is 0 Å². The first-order valence-corrected chi connectivity index (χ1v) is 10.1. The van der Waals surface area contributed by atoms with Crippen molar-refractivity contribution >= 4 is 11.7 Å². The number of hydrogen-bond acceptors (Lipinski definition) is 7. The Bertz CT molecular complexity index is 513. The summed E-state index contributed by atoms with van der Waals surface area (Å²) in [6.07, 6.45) is 0.507. The van der Waals surface area contributed by atoms with Gasteiger partial charge in [0.25, 0.3) is 0 Å². The zero-order valence-electron chi connectivity index (χ0n) is 17.4. The smallest absolute Gasteiger partial charge is 0.308 e. The number of hydrogen-bond donors (Lipinski definition) is 3. The molecule has 1 rings (SSSR count). The first kappa shape index (κ1) is 24.8. The standard InChI is InChI=1S/C20H36FNO6/c1-13-7-5-8-16(23)11-14(2)17(22-28-10-6-9-21)15(3)18(24)20(4,26)12-27-19(13)25/h13-16,18,23-24,26H,5-12H2,1-4H3/b22-17+/t13?,14-,15?,16?,18?,20-/m1/s1. The lowest BCUT2D eigenvalue weighted by molar-refractivity contribution is -0.164. The molecule has 8 heteroatoms. The van der Waals surface area contributed by atoms with E-state index in [-0.39, 0.29) is 31.5 Å². The number of aliphatic hydroxyl groups is 3. The molecule has 6 atom stereocenters. The van der Waals surface area contributed by atoms with Gasteiger partial charge in [-0.1, -0.05) is 32.3 Å². The van der Waals surface area contributed by atoms with Crippen LogP contribution in [-0.4, -0.2) is 64.7 Å². The second-order valence-electron chi connectivity index (χ2n) is 8.21. The molecule has 0 bridgehead atoms. The minimum atomic E-state index is -1.68. The molecule has 4 unspecified atom stereocenters. The molecule has 164 valence electrons. The van der Waals surface area contributed by atoms with Crippen molar-refractivity contribution in [2.24, 2.45) is 22.9 Å². The third-order valence-electron chi connectivity index (χ3n) is 5.33. The van der Waals surface area contributed by atoms with Gasteiger partial charge in [-0.15, -0.1) is 0 Å². The molecule has 1 aliphatic heterocycles. The van der Waals surface area contributed by atoms with Gasteiger partial charge in [0.2, 0.25) is 0 Å². The predicted octanol–water partition coefficient (Wildman–Crippen LogP) is 2.22. The third kappa shape index (κ3) is 7.64. The number of nitrogens with zero attached hydrogens (tertiary/aromatic N) is 1. The molecule has 0 aromatic rings. The predicted molar refractivity (Wildman–Crippen MR) is 104 cm³/mol. The van der Waals surface area contributed by atoms with Crippen molar-refractivity contribution in [2.45, 2.75) is 77.6 Å². The van der Waals surface area contributed by atoms with E-state index in [4.69, 9.17) is 9.57 Å².